The van der Waals surface area contributed by atoms with E-state index in [9.17, 15) is 0 Å². The molecule has 0 amide bonds. The maximum Gasteiger partial charge on any atom is 0.120 e. The normalized spacial score (nSPS) is 19.6. The van der Waals surface area contributed by atoms with Crippen LogP contribution in [0.4, 0.5) is 0 Å². The van der Waals surface area contributed by atoms with Gasteiger partial charge in [-0.3, -0.25) is 0 Å². The second-order valence-corrected chi connectivity index (χ2v) is 5.18. The first-order valence-electron chi connectivity index (χ1n) is 7.24. The lowest BCUT2D eigenvalue weighted by atomic mass is 10.1. The molecule has 3 heteroatoms. The van der Waals surface area contributed by atoms with Gasteiger partial charge in [-0.1, -0.05) is 25.7 Å². The van der Waals surface area contributed by atoms with E-state index in [4.69, 9.17) is 9.15 Å². The highest BCUT2D eigenvalue weighted by Crippen LogP contribution is 2.19. The van der Waals surface area contributed by atoms with Gasteiger partial charge in [0, 0.05) is 6.54 Å². The first-order chi connectivity index (χ1) is 8.86. The molecule has 1 aromatic rings. The SMILES string of the molecule is CC(NCCOC1CCCCCC1)c1ccco1. The standard InChI is InChI=1S/C15H25NO2/c1-13(15-9-6-11-18-15)16-10-12-17-14-7-4-2-3-5-8-14/h6,9,11,13-14,16H,2-5,7-8,10,12H2,1H3. The van der Waals surface area contributed by atoms with Crippen molar-refractivity contribution in [2.45, 2.75) is 57.6 Å². The molecule has 0 aromatic carbocycles. The first kappa shape index (κ1) is 13.6. The molecule has 1 aliphatic carbocycles. The quantitative estimate of drug-likeness (QED) is 0.619. The van der Waals surface area contributed by atoms with Crippen LogP contribution in [0.15, 0.2) is 22.8 Å². The van der Waals surface area contributed by atoms with Crippen LogP contribution in [0.25, 0.3) is 0 Å². The molecule has 1 unspecified atom stereocenters. The second-order valence-electron chi connectivity index (χ2n) is 5.18. The molecule has 0 saturated heterocycles. The van der Waals surface area contributed by atoms with Gasteiger partial charge < -0.3 is 14.5 Å². The topological polar surface area (TPSA) is 34.4 Å². The van der Waals surface area contributed by atoms with E-state index in [1.807, 2.05) is 12.1 Å². The van der Waals surface area contributed by atoms with Crippen LogP contribution in [-0.2, 0) is 4.74 Å². The van der Waals surface area contributed by atoms with E-state index in [1.165, 1.54) is 38.5 Å². The Balaban J connectivity index is 1.57. The Bertz CT molecular complexity index is 302. The molecular weight excluding hydrogens is 226 g/mol. The Morgan fingerprint density at radius 3 is 2.78 bits per heavy atom. The van der Waals surface area contributed by atoms with E-state index in [0.717, 1.165) is 18.9 Å². The van der Waals surface area contributed by atoms with Crippen LogP contribution in [0.1, 0.15) is 57.3 Å². The predicted octanol–water partition coefficient (Wildman–Crippen LogP) is 3.67. The third-order valence-corrected chi connectivity index (χ3v) is 3.68. The molecule has 1 saturated carbocycles. The van der Waals surface area contributed by atoms with Crippen LogP contribution >= 0.6 is 0 Å². The molecule has 1 heterocycles. The smallest absolute Gasteiger partial charge is 0.120 e. The van der Waals surface area contributed by atoms with Gasteiger partial charge in [0.05, 0.1) is 25.0 Å². The van der Waals surface area contributed by atoms with Crippen molar-refractivity contribution in [2.24, 2.45) is 0 Å². The number of furan rings is 1. The van der Waals surface area contributed by atoms with Crippen molar-refractivity contribution in [2.75, 3.05) is 13.2 Å². The fourth-order valence-electron chi connectivity index (χ4n) is 2.55. The number of nitrogens with one attached hydrogen (secondary N) is 1. The molecule has 0 aliphatic heterocycles. The van der Waals surface area contributed by atoms with Crippen molar-refractivity contribution < 1.29 is 9.15 Å². The minimum atomic E-state index is 0.262. The summed E-state index contributed by atoms with van der Waals surface area (Å²) in [6.07, 6.45) is 10.1. The molecule has 0 bridgehead atoms. The van der Waals surface area contributed by atoms with Gasteiger partial charge in [-0.25, -0.2) is 0 Å². The molecule has 3 nitrogen and oxygen atoms in total. The molecular formula is C15H25NO2. The second kappa shape index (κ2) is 7.59. The maximum atomic E-state index is 5.94. The van der Waals surface area contributed by atoms with E-state index >= 15 is 0 Å². The van der Waals surface area contributed by atoms with Crippen molar-refractivity contribution >= 4 is 0 Å². The van der Waals surface area contributed by atoms with Crippen LogP contribution in [0.3, 0.4) is 0 Å². The fraction of sp³-hybridized carbons (Fsp3) is 0.733. The lowest BCUT2D eigenvalue weighted by molar-refractivity contribution is 0.0440. The average Bonchev–Trinajstić information content (AvgIpc) is 2.80. The average molecular weight is 251 g/mol. The summed E-state index contributed by atoms with van der Waals surface area (Å²) in [5.74, 6) is 0.990. The Hall–Kier alpha value is -0.800. The highest BCUT2D eigenvalue weighted by molar-refractivity contribution is 5.02. The Morgan fingerprint density at radius 1 is 1.33 bits per heavy atom. The Labute approximate surface area is 110 Å². The third-order valence-electron chi connectivity index (χ3n) is 3.68. The van der Waals surface area contributed by atoms with Gasteiger partial charge in [-0.15, -0.1) is 0 Å². The third kappa shape index (κ3) is 4.46. The minimum absolute atomic E-state index is 0.262. The molecule has 102 valence electrons. The van der Waals surface area contributed by atoms with E-state index < -0.39 is 0 Å². The number of hydrogen-bond acceptors (Lipinski definition) is 3. The van der Waals surface area contributed by atoms with Crippen molar-refractivity contribution in [3.05, 3.63) is 24.2 Å². The van der Waals surface area contributed by atoms with Crippen LogP contribution in [0, 0.1) is 0 Å². The van der Waals surface area contributed by atoms with E-state index in [1.54, 1.807) is 6.26 Å². The van der Waals surface area contributed by atoms with Gasteiger partial charge in [-0.05, 0) is 31.9 Å². The van der Waals surface area contributed by atoms with Crippen molar-refractivity contribution in [3.63, 3.8) is 0 Å². The van der Waals surface area contributed by atoms with Crippen molar-refractivity contribution in [3.8, 4) is 0 Å². The van der Waals surface area contributed by atoms with Crippen LogP contribution in [-0.4, -0.2) is 19.3 Å². The summed E-state index contributed by atoms with van der Waals surface area (Å²) in [5.41, 5.74) is 0. The molecule has 18 heavy (non-hydrogen) atoms. The lowest BCUT2D eigenvalue weighted by Gasteiger charge is -2.17. The Morgan fingerprint density at radius 2 is 2.11 bits per heavy atom. The number of rotatable bonds is 6. The zero-order chi connectivity index (χ0) is 12.6. The van der Waals surface area contributed by atoms with Gasteiger partial charge in [0.2, 0.25) is 0 Å². The summed E-state index contributed by atoms with van der Waals surface area (Å²) in [4.78, 5) is 0. The minimum Gasteiger partial charge on any atom is -0.468 e. The van der Waals surface area contributed by atoms with Gasteiger partial charge in [0.25, 0.3) is 0 Å². The summed E-state index contributed by atoms with van der Waals surface area (Å²) in [6, 6.07) is 4.19. The predicted molar refractivity (Wildman–Crippen MR) is 72.6 cm³/mol. The van der Waals surface area contributed by atoms with Crippen molar-refractivity contribution in [1.82, 2.24) is 5.32 Å². The molecule has 1 aromatic heterocycles. The summed E-state index contributed by atoms with van der Waals surface area (Å²) >= 11 is 0. The zero-order valence-corrected chi connectivity index (χ0v) is 11.4. The summed E-state index contributed by atoms with van der Waals surface area (Å²) in [5, 5.41) is 3.42. The molecule has 1 atom stereocenters. The largest absolute Gasteiger partial charge is 0.468 e. The molecule has 0 radical (unpaired) electrons. The maximum absolute atomic E-state index is 5.94. The van der Waals surface area contributed by atoms with E-state index in [0.29, 0.717) is 6.10 Å². The monoisotopic (exact) mass is 251 g/mol. The molecule has 0 spiro atoms. The Kier molecular flexibility index (Phi) is 5.75. The van der Waals surface area contributed by atoms with Gasteiger partial charge in [0.15, 0.2) is 0 Å². The van der Waals surface area contributed by atoms with Crippen LogP contribution in [0.2, 0.25) is 0 Å². The summed E-state index contributed by atoms with van der Waals surface area (Å²) in [6.45, 7) is 3.80. The first-order valence-corrected chi connectivity index (χ1v) is 7.24. The fourth-order valence-corrected chi connectivity index (χ4v) is 2.55. The van der Waals surface area contributed by atoms with Gasteiger partial charge in [0.1, 0.15) is 5.76 Å². The highest BCUT2D eigenvalue weighted by Gasteiger charge is 2.12. The van der Waals surface area contributed by atoms with E-state index in [-0.39, 0.29) is 6.04 Å². The lowest BCUT2D eigenvalue weighted by Crippen LogP contribution is -2.25. The number of hydrogen-bond donors (Lipinski definition) is 1. The van der Waals surface area contributed by atoms with Gasteiger partial charge in [-0.2, -0.15) is 0 Å². The van der Waals surface area contributed by atoms with Gasteiger partial charge >= 0.3 is 0 Å². The number of ether oxygens (including phenoxy) is 1. The summed E-state index contributed by atoms with van der Waals surface area (Å²) in [7, 11) is 0. The molecule has 1 aliphatic rings. The molecule has 2 rings (SSSR count). The zero-order valence-electron chi connectivity index (χ0n) is 11.4. The van der Waals surface area contributed by atoms with Crippen molar-refractivity contribution in [1.29, 1.82) is 0 Å². The van der Waals surface area contributed by atoms with Crippen LogP contribution < -0.4 is 5.32 Å². The summed E-state index contributed by atoms with van der Waals surface area (Å²) < 4.78 is 11.3. The molecule has 1 fully saturated rings. The van der Waals surface area contributed by atoms with E-state index in [2.05, 4.69) is 12.2 Å². The molecule has 1 N–H and O–H groups in total. The van der Waals surface area contributed by atoms with Crippen LogP contribution in [0.5, 0.6) is 0 Å². The highest BCUT2D eigenvalue weighted by atomic mass is 16.5.